The Morgan fingerprint density at radius 3 is 2.30 bits per heavy atom. The van der Waals surface area contributed by atoms with E-state index in [1.165, 1.54) is 24.3 Å². The average molecular weight is 372 g/mol. The van der Waals surface area contributed by atoms with Crippen LogP contribution in [0, 0.1) is 0 Å². The number of carbonyl (C=O) groups is 3. The molecule has 0 spiro atoms. The van der Waals surface area contributed by atoms with Gasteiger partial charge in [-0.25, -0.2) is 5.10 Å². The van der Waals surface area contributed by atoms with Crippen LogP contribution in [0.3, 0.4) is 0 Å². The fourth-order valence-electron chi connectivity index (χ4n) is 2.59. The van der Waals surface area contributed by atoms with Gasteiger partial charge in [-0.05, 0) is 42.7 Å². The summed E-state index contributed by atoms with van der Waals surface area (Å²) < 4.78 is 0. The number of carboxylic acid groups (broad SMARTS) is 1. The van der Waals surface area contributed by atoms with Gasteiger partial charge in [-0.1, -0.05) is 13.8 Å². The third kappa shape index (κ3) is 4.78. The fourth-order valence-corrected chi connectivity index (χ4v) is 2.59. The summed E-state index contributed by atoms with van der Waals surface area (Å²) in [6.07, 6.45) is 1.08. The van der Waals surface area contributed by atoms with Crippen LogP contribution in [-0.2, 0) is 17.6 Å². The van der Waals surface area contributed by atoms with Crippen molar-refractivity contribution < 1.29 is 19.5 Å². The molecule has 9 nitrogen and oxygen atoms in total. The van der Waals surface area contributed by atoms with Crippen LogP contribution in [0.1, 0.15) is 45.8 Å². The van der Waals surface area contributed by atoms with Crippen LogP contribution in [0.25, 0.3) is 0 Å². The Morgan fingerprint density at radius 2 is 1.74 bits per heavy atom. The molecule has 2 amide bonds. The number of aryl methyl sites for hydroxylation is 1. The zero-order valence-electron chi connectivity index (χ0n) is 15.0. The first-order valence-electron chi connectivity index (χ1n) is 8.39. The molecule has 1 aromatic carbocycles. The van der Waals surface area contributed by atoms with Crippen LogP contribution in [0.2, 0.25) is 0 Å². The summed E-state index contributed by atoms with van der Waals surface area (Å²) >= 11 is 0. The lowest BCUT2D eigenvalue weighted by Crippen LogP contribution is -2.29. The summed E-state index contributed by atoms with van der Waals surface area (Å²) in [5.41, 5.74) is 1.36. The predicted molar refractivity (Wildman–Crippen MR) is 98.0 cm³/mol. The van der Waals surface area contributed by atoms with Crippen molar-refractivity contribution in [1.29, 1.82) is 0 Å². The lowest BCUT2D eigenvalue weighted by molar-refractivity contribution is -0.135. The highest BCUT2D eigenvalue weighted by atomic mass is 16.4. The molecule has 1 heterocycles. The van der Waals surface area contributed by atoms with E-state index >= 15 is 0 Å². The number of carbonyl (C=O) groups excluding carboxylic acids is 2. The van der Waals surface area contributed by atoms with E-state index in [1.54, 1.807) is 0 Å². The normalized spacial score (nSPS) is 10.3. The van der Waals surface area contributed by atoms with E-state index in [0.717, 1.165) is 0 Å². The topological polar surface area (TPSA) is 141 Å². The molecular weight excluding hydrogens is 352 g/mol. The standard InChI is InChI=1S/C18H20N4O5/c1-3-12-13(4-2)21-22-18(27)15(12)17(26)20-11-7-5-10(6-8-11)16(25)19-9-14(23)24/h5-8H,3-4,9H2,1-2H3,(H,19,25)(H,20,26)(H,22,27)(H,23,24). The summed E-state index contributed by atoms with van der Waals surface area (Å²) in [6, 6.07) is 5.88. The number of benzene rings is 1. The number of nitrogens with zero attached hydrogens (tertiary/aromatic N) is 1. The Labute approximate surface area is 154 Å². The fraction of sp³-hybridized carbons (Fsp3) is 0.278. The number of aromatic amines is 1. The van der Waals surface area contributed by atoms with Crippen molar-refractivity contribution in [2.75, 3.05) is 11.9 Å². The second kappa shape index (κ2) is 8.75. The van der Waals surface area contributed by atoms with Gasteiger partial charge in [0.15, 0.2) is 0 Å². The van der Waals surface area contributed by atoms with Crippen molar-refractivity contribution >= 4 is 23.5 Å². The van der Waals surface area contributed by atoms with Gasteiger partial charge in [0.2, 0.25) is 0 Å². The van der Waals surface area contributed by atoms with Crippen LogP contribution in [0.15, 0.2) is 29.1 Å². The molecule has 0 radical (unpaired) electrons. The van der Waals surface area contributed by atoms with Gasteiger partial charge in [0.25, 0.3) is 17.4 Å². The van der Waals surface area contributed by atoms with Crippen molar-refractivity contribution in [2.24, 2.45) is 0 Å². The van der Waals surface area contributed by atoms with Gasteiger partial charge in [-0.15, -0.1) is 0 Å². The highest BCUT2D eigenvalue weighted by Crippen LogP contribution is 2.14. The molecule has 0 atom stereocenters. The number of amides is 2. The molecule has 0 saturated carbocycles. The van der Waals surface area contributed by atoms with E-state index in [4.69, 9.17) is 5.11 Å². The van der Waals surface area contributed by atoms with Crippen molar-refractivity contribution in [1.82, 2.24) is 15.5 Å². The first-order valence-corrected chi connectivity index (χ1v) is 8.39. The number of hydrogen-bond acceptors (Lipinski definition) is 5. The maximum absolute atomic E-state index is 12.6. The van der Waals surface area contributed by atoms with Crippen molar-refractivity contribution in [3.05, 3.63) is 57.0 Å². The van der Waals surface area contributed by atoms with E-state index in [1.807, 2.05) is 13.8 Å². The van der Waals surface area contributed by atoms with Crippen LogP contribution in [0.5, 0.6) is 0 Å². The summed E-state index contributed by atoms with van der Waals surface area (Å²) in [6.45, 7) is 3.24. The van der Waals surface area contributed by atoms with Crippen LogP contribution >= 0.6 is 0 Å². The number of rotatable bonds is 7. The van der Waals surface area contributed by atoms with Crippen LogP contribution < -0.4 is 16.2 Å². The quantitative estimate of drug-likeness (QED) is 0.570. The van der Waals surface area contributed by atoms with Gasteiger partial charge in [0, 0.05) is 11.3 Å². The second-order valence-corrected chi connectivity index (χ2v) is 5.67. The molecule has 0 unspecified atom stereocenters. The maximum Gasteiger partial charge on any atom is 0.322 e. The highest BCUT2D eigenvalue weighted by Gasteiger charge is 2.19. The van der Waals surface area contributed by atoms with E-state index in [0.29, 0.717) is 29.8 Å². The summed E-state index contributed by atoms with van der Waals surface area (Å²) in [4.78, 5) is 46.9. The third-order valence-corrected chi connectivity index (χ3v) is 3.89. The molecule has 142 valence electrons. The molecule has 27 heavy (non-hydrogen) atoms. The minimum Gasteiger partial charge on any atom is -0.480 e. The Kier molecular flexibility index (Phi) is 6.42. The summed E-state index contributed by atoms with van der Waals surface area (Å²) in [7, 11) is 0. The molecule has 0 fully saturated rings. The number of H-pyrrole nitrogens is 1. The zero-order valence-corrected chi connectivity index (χ0v) is 15.0. The average Bonchev–Trinajstić information content (AvgIpc) is 2.66. The smallest absolute Gasteiger partial charge is 0.322 e. The number of nitrogens with one attached hydrogen (secondary N) is 3. The van der Waals surface area contributed by atoms with E-state index < -0.39 is 29.9 Å². The largest absolute Gasteiger partial charge is 0.480 e. The Hall–Kier alpha value is -3.49. The first-order chi connectivity index (χ1) is 12.9. The van der Waals surface area contributed by atoms with E-state index in [9.17, 15) is 19.2 Å². The molecule has 2 aromatic rings. The Bertz CT molecular complexity index is 918. The zero-order chi connectivity index (χ0) is 20.0. The van der Waals surface area contributed by atoms with Crippen LogP contribution in [0.4, 0.5) is 5.69 Å². The van der Waals surface area contributed by atoms with Gasteiger partial charge in [-0.3, -0.25) is 19.2 Å². The molecule has 0 aliphatic carbocycles. The van der Waals surface area contributed by atoms with E-state index in [-0.39, 0.29) is 11.1 Å². The van der Waals surface area contributed by atoms with Crippen molar-refractivity contribution in [3.8, 4) is 0 Å². The van der Waals surface area contributed by atoms with Crippen molar-refractivity contribution in [3.63, 3.8) is 0 Å². The lowest BCUT2D eigenvalue weighted by atomic mass is 10.0. The number of aromatic nitrogens is 2. The number of anilines is 1. The predicted octanol–water partition coefficient (Wildman–Crippen LogP) is 0.961. The van der Waals surface area contributed by atoms with Gasteiger partial charge in [0.1, 0.15) is 12.1 Å². The van der Waals surface area contributed by atoms with Crippen molar-refractivity contribution in [2.45, 2.75) is 26.7 Å². The molecule has 4 N–H and O–H groups in total. The molecule has 0 aliphatic rings. The molecule has 0 aliphatic heterocycles. The maximum atomic E-state index is 12.6. The minimum absolute atomic E-state index is 0.0210. The highest BCUT2D eigenvalue weighted by molar-refractivity contribution is 6.05. The molecule has 0 bridgehead atoms. The van der Waals surface area contributed by atoms with Gasteiger partial charge in [0.05, 0.1) is 5.69 Å². The molecule has 2 rings (SSSR count). The van der Waals surface area contributed by atoms with Gasteiger partial charge < -0.3 is 15.7 Å². The SMILES string of the molecule is CCc1n[nH]c(=O)c(C(=O)Nc2ccc(C(=O)NCC(=O)O)cc2)c1CC. The lowest BCUT2D eigenvalue weighted by Gasteiger charge is -2.11. The Balaban J connectivity index is 2.18. The molecular formula is C18H20N4O5. The second-order valence-electron chi connectivity index (χ2n) is 5.67. The number of aliphatic carboxylic acids is 1. The number of hydrogen-bond donors (Lipinski definition) is 4. The van der Waals surface area contributed by atoms with Crippen LogP contribution in [-0.4, -0.2) is 39.6 Å². The first kappa shape index (κ1) is 19.8. The third-order valence-electron chi connectivity index (χ3n) is 3.89. The van der Waals surface area contributed by atoms with Gasteiger partial charge in [-0.2, -0.15) is 5.10 Å². The molecule has 1 aromatic heterocycles. The number of carboxylic acids is 1. The summed E-state index contributed by atoms with van der Waals surface area (Å²) in [5, 5.41) is 19.8. The van der Waals surface area contributed by atoms with E-state index in [2.05, 4.69) is 20.8 Å². The van der Waals surface area contributed by atoms with Gasteiger partial charge >= 0.3 is 5.97 Å². The monoisotopic (exact) mass is 372 g/mol. The Morgan fingerprint density at radius 1 is 1.07 bits per heavy atom. The molecule has 0 saturated heterocycles. The summed E-state index contributed by atoms with van der Waals surface area (Å²) in [5.74, 6) is -2.25. The minimum atomic E-state index is -1.15. The molecule has 9 heteroatoms.